The van der Waals surface area contributed by atoms with E-state index in [0.29, 0.717) is 0 Å². The minimum absolute atomic E-state index is 0.0474. The van der Waals surface area contributed by atoms with E-state index >= 15 is 0 Å². The van der Waals surface area contributed by atoms with Gasteiger partial charge in [-0.2, -0.15) is 10.2 Å². The van der Waals surface area contributed by atoms with Crippen molar-refractivity contribution < 1.29 is 15.3 Å². The lowest BCUT2D eigenvalue weighted by molar-refractivity contribution is -0.00974. The normalized spacial score (nSPS) is 15.0. The van der Waals surface area contributed by atoms with Crippen LogP contribution in [0.1, 0.15) is 6.42 Å². The molecule has 0 unspecified atom stereocenters. The molecule has 0 radical (unpaired) electrons. The second-order valence-corrected chi connectivity index (χ2v) is 4.21. The smallest absolute Gasteiger partial charge is 0.184 e. The number of nitrogens with one attached hydrogen (secondary N) is 2. The number of nitrogens with two attached hydrogens (primary N) is 2. The molecule has 0 spiro atoms. The number of nitrogens with zero attached hydrogens (tertiary/aromatic N) is 2. The molecule has 0 fully saturated rings. The molecule has 0 bridgehead atoms. The Hall–Kier alpha value is -1.40. The van der Waals surface area contributed by atoms with Gasteiger partial charge in [-0.3, -0.25) is 10.9 Å². The molecule has 0 aromatic rings. The fraction of sp³-hybridized carbons (Fsp3) is 0.500. The summed E-state index contributed by atoms with van der Waals surface area (Å²) in [6.07, 6.45) is -1.42. The first-order valence-corrected chi connectivity index (χ1v) is 5.86. The molecule has 9 nitrogen and oxygen atoms in total. The van der Waals surface area contributed by atoms with E-state index in [4.69, 9.17) is 16.6 Å². The second-order valence-electron chi connectivity index (χ2n) is 3.33. The summed E-state index contributed by atoms with van der Waals surface area (Å²) in [4.78, 5) is 0. The van der Waals surface area contributed by atoms with Crippen molar-refractivity contribution in [2.75, 3.05) is 6.61 Å². The van der Waals surface area contributed by atoms with Gasteiger partial charge in [0.2, 0.25) is 0 Å². The van der Waals surface area contributed by atoms with Gasteiger partial charge < -0.3 is 26.8 Å². The molecule has 19 heavy (non-hydrogen) atoms. The molecular weight excluding hydrogens is 292 g/mol. The van der Waals surface area contributed by atoms with Crippen molar-refractivity contribution in [3.63, 3.8) is 0 Å². The average Bonchev–Trinajstić information content (AvgIpc) is 2.33. The zero-order valence-corrected chi connectivity index (χ0v) is 11.5. The molecule has 0 amide bonds. The van der Waals surface area contributed by atoms with Gasteiger partial charge in [0.1, 0.15) is 6.10 Å². The van der Waals surface area contributed by atoms with E-state index in [9.17, 15) is 10.2 Å². The minimum atomic E-state index is -1.30. The van der Waals surface area contributed by atoms with Crippen LogP contribution in [-0.4, -0.2) is 56.3 Å². The van der Waals surface area contributed by atoms with Gasteiger partial charge in [-0.15, -0.1) is 0 Å². The molecule has 0 aromatic carbocycles. The third-order valence-electron chi connectivity index (χ3n) is 1.75. The number of hydrazone groups is 2. The highest BCUT2D eigenvalue weighted by Gasteiger charge is 2.17. The SMILES string of the molecule is NC(=S)NN=CC(C[C@H](O)[C@H](O)CO)=NNC(N)=S. The van der Waals surface area contributed by atoms with Gasteiger partial charge in [-0.1, -0.05) is 0 Å². The molecule has 11 heteroatoms. The minimum Gasteiger partial charge on any atom is -0.394 e. The summed E-state index contributed by atoms with van der Waals surface area (Å²) >= 11 is 9.10. The van der Waals surface area contributed by atoms with Gasteiger partial charge in [-0.25, -0.2) is 0 Å². The van der Waals surface area contributed by atoms with Gasteiger partial charge >= 0.3 is 0 Å². The largest absolute Gasteiger partial charge is 0.394 e. The zero-order valence-electron chi connectivity index (χ0n) is 9.85. The summed E-state index contributed by atoms with van der Waals surface area (Å²) in [6, 6.07) is 0. The highest BCUT2D eigenvalue weighted by Crippen LogP contribution is 1.99. The Morgan fingerprint density at radius 1 is 1.16 bits per heavy atom. The van der Waals surface area contributed by atoms with Crippen LogP contribution in [0, 0.1) is 0 Å². The van der Waals surface area contributed by atoms with Crippen LogP contribution in [0.4, 0.5) is 0 Å². The molecule has 2 atom stereocenters. The van der Waals surface area contributed by atoms with Crippen LogP contribution >= 0.6 is 24.4 Å². The lowest BCUT2D eigenvalue weighted by atomic mass is 10.1. The molecule has 0 heterocycles. The van der Waals surface area contributed by atoms with E-state index in [1.165, 1.54) is 6.21 Å². The van der Waals surface area contributed by atoms with Crippen LogP contribution in [0.3, 0.4) is 0 Å². The van der Waals surface area contributed by atoms with Gasteiger partial charge in [-0.05, 0) is 24.4 Å². The maximum atomic E-state index is 9.55. The monoisotopic (exact) mass is 308 g/mol. The number of aliphatic hydroxyl groups is 3. The van der Waals surface area contributed by atoms with E-state index in [1.807, 2.05) is 0 Å². The van der Waals surface area contributed by atoms with Crippen LogP contribution < -0.4 is 22.3 Å². The number of aliphatic hydroxyl groups excluding tert-OH is 3. The summed E-state index contributed by atoms with van der Waals surface area (Å²) in [7, 11) is 0. The predicted molar refractivity (Wildman–Crippen MR) is 79.5 cm³/mol. The quantitative estimate of drug-likeness (QED) is 0.148. The molecular formula is C8H16N6O3S2. The lowest BCUT2D eigenvalue weighted by Gasteiger charge is -2.15. The van der Waals surface area contributed by atoms with Crippen molar-refractivity contribution in [2.45, 2.75) is 18.6 Å². The van der Waals surface area contributed by atoms with E-state index < -0.39 is 18.8 Å². The topological polar surface area (TPSA) is 162 Å². The summed E-state index contributed by atoms with van der Waals surface area (Å²) in [6.45, 7) is -0.584. The van der Waals surface area contributed by atoms with Gasteiger partial charge in [0.05, 0.1) is 24.6 Å². The Balaban J connectivity index is 4.67. The number of rotatable bonds is 7. The Bertz CT molecular complexity index is 375. The van der Waals surface area contributed by atoms with E-state index in [-0.39, 0.29) is 22.4 Å². The molecule has 0 aliphatic rings. The van der Waals surface area contributed by atoms with Gasteiger partial charge in [0, 0.05) is 6.42 Å². The third kappa shape index (κ3) is 9.21. The van der Waals surface area contributed by atoms with Crippen LogP contribution in [0.5, 0.6) is 0 Å². The average molecular weight is 308 g/mol. The summed E-state index contributed by atoms with van der Waals surface area (Å²) < 4.78 is 0. The molecule has 0 rings (SSSR count). The molecule has 0 saturated heterocycles. The van der Waals surface area contributed by atoms with Gasteiger partial charge in [0.25, 0.3) is 0 Å². The molecule has 0 aromatic heterocycles. The Morgan fingerprint density at radius 3 is 2.21 bits per heavy atom. The van der Waals surface area contributed by atoms with E-state index in [0.717, 1.165) is 0 Å². The fourth-order valence-corrected chi connectivity index (χ4v) is 0.995. The summed E-state index contributed by atoms with van der Waals surface area (Å²) in [5.74, 6) is 0. The van der Waals surface area contributed by atoms with Crippen LogP contribution in [-0.2, 0) is 0 Å². The highest BCUT2D eigenvalue weighted by atomic mass is 32.1. The molecule has 0 aliphatic heterocycles. The van der Waals surface area contributed by atoms with Crippen molar-refractivity contribution in [2.24, 2.45) is 21.7 Å². The van der Waals surface area contributed by atoms with E-state index in [1.54, 1.807) is 0 Å². The van der Waals surface area contributed by atoms with Crippen LogP contribution in [0.2, 0.25) is 0 Å². The van der Waals surface area contributed by atoms with Crippen molar-refractivity contribution in [1.29, 1.82) is 0 Å². The standard InChI is InChI=1S/C8H16N6O3S2/c9-7(18)13-11-2-4(12-14-8(10)19)1-5(16)6(17)3-15/h2,5-6,15-17H,1,3H2,(H3,9,13,18)(H3,10,14,19)/t5-,6+/m0/s1. The third-order valence-corrected chi connectivity index (χ3v) is 1.93. The first-order valence-electron chi connectivity index (χ1n) is 5.04. The van der Waals surface area contributed by atoms with Crippen molar-refractivity contribution in [3.05, 3.63) is 0 Å². The molecule has 0 saturated carbocycles. The predicted octanol–water partition coefficient (Wildman–Crippen LogP) is -2.90. The lowest BCUT2D eigenvalue weighted by Crippen LogP contribution is -2.33. The molecule has 108 valence electrons. The van der Waals surface area contributed by atoms with Crippen molar-refractivity contribution in [3.8, 4) is 0 Å². The Kier molecular flexibility index (Phi) is 8.82. The summed E-state index contributed by atoms with van der Waals surface area (Å²) in [5.41, 5.74) is 15.2. The van der Waals surface area contributed by atoms with Crippen LogP contribution in [0.15, 0.2) is 10.2 Å². The Labute approximate surface area is 120 Å². The maximum absolute atomic E-state index is 9.55. The highest BCUT2D eigenvalue weighted by molar-refractivity contribution is 7.80. The van der Waals surface area contributed by atoms with Gasteiger partial charge in [0.15, 0.2) is 10.2 Å². The molecule has 0 aliphatic carbocycles. The first kappa shape index (κ1) is 17.6. The second kappa shape index (κ2) is 9.52. The zero-order chi connectivity index (χ0) is 14.8. The molecule has 9 N–H and O–H groups in total. The van der Waals surface area contributed by atoms with Crippen LogP contribution in [0.25, 0.3) is 0 Å². The number of thiocarbonyl (C=S) groups is 2. The van der Waals surface area contributed by atoms with Crippen molar-refractivity contribution >= 4 is 46.6 Å². The number of hydrogen-bond donors (Lipinski definition) is 7. The summed E-state index contributed by atoms with van der Waals surface area (Å²) in [5, 5.41) is 34.7. The van der Waals surface area contributed by atoms with Crippen molar-refractivity contribution in [1.82, 2.24) is 10.9 Å². The number of hydrogen-bond acceptors (Lipinski definition) is 7. The first-order chi connectivity index (χ1) is 8.86. The Morgan fingerprint density at radius 2 is 1.74 bits per heavy atom. The fourth-order valence-electron chi connectivity index (χ4n) is 0.897. The maximum Gasteiger partial charge on any atom is 0.184 e. The van der Waals surface area contributed by atoms with E-state index in [2.05, 4.69) is 45.5 Å².